The van der Waals surface area contributed by atoms with Gasteiger partial charge in [0.1, 0.15) is 11.5 Å². The molecule has 0 aliphatic heterocycles. The number of aliphatic hydroxyl groups is 1. The van der Waals surface area contributed by atoms with Gasteiger partial charge in [0.15, 0.2) is 0 Å². The number of aliphatic hydroxyl groups excluding tert-OH is 1. The van der Waals surface area contributed by atoms with E-state index in [0.717, 1.165) is 63.5 Å². The van der Waals surface area contributed by atoms with Crippen LogP contribution < -0.4 is 10.1 Å². The second-order valence-corrected chi connectivity index (χ2v) is 13.9. The predicted octanol–water partition coefficient (Wildman–Crippen LogP) is 6.50. The number of benzene rings is 1. The van der Waals surface area contributed by atoms with Crippen molar-refractivity contribution in [2.45, 2.75) is 110 Å². The zero-order valence-corrected chi connectivity index (χ0v) is 24.6. The summed E-state index contributed by atoms with van der Waals surface area (Å²) in [6, 6.07) is 8.52. The number of Topliss-reactive ketones (excluding diaryl/α,β-unsaturated/α-hetero) is 1. The highest BCUT2D eigenvalue weighted by atomic mass is 16.5. The summed E-state index contributed by atoms with van der Waals surface area (Å²) in [6.07, 6.45) is 13.9. The van der Waals surface area contributed by atoms with E-state index in [1.165, 1.54) is 31.2 Å². The first-order chi connectivity index (χ1) is 18.7. The minimum absolute atomic E-state index is 0.0825. The van der Waals surface area contributed by atoms with Crippen LogP contribution >= 0.6 is 0 Å². The van der Waals surface area contributed by atoms with Crippen molar-refractivity contribution in [3.63, 3.8) is 0 Å². The average molecular weight is 538 g/mol. The van der Waals surface area contributed by atoms with E-state index >= 15 is 0 Å². The summed E-state index contributed by atoms with van der Waals surface area (Å²) in [5.74, 6) is 4.73. The van der Waals surface area contributed by atoms with Crippen molar-refractivity contribution in [2.24, 2.45) is 40.4 Å². The lowest BCUT2D eigenvalue weighted by Crippen LogP contribution is -2.57. The number of carbonyl (C=O) groups excluding carboxylic acids is 2. The Balaban J connectivity index is 1.21. The third kappa shape index (κ3) is 5.80. The van der Waals surface area contributed by atoms with E-state index in [2.05, 4.69) is 37.4 Å². The molecule has 3 unspecified atom stereocenters. The zero-order valence-electron chi connectivity index (χ0n) is 24.6. The number of rotatable bonds is 10. The number of ketones is 1. The van der Waals surface area contributed by atoms with Gasteiger partial charge in [-0.05, 0) is 129 Å². The number of carbonyl (C=O) groups is 2. The van der Waals surface area contributed by atoms with Crippen molar-refractivity contribution in [3.8, 4) is 5.75 Å². The van der Waals surface area contributed by atoms with E-state index in [9.17, 15) is 14.7 Å². The lowest BCUT2D eigenvalue weighted by molar-refractivity contribution is -0.156. The molecule has 4 aliphatic carbocycles. The van der Waals surface area contributed by atoms with E-state index in [0.29, 0.717) is 53.8 Å². The number of ether oxygens (including phenoxy) is 1. The topological polar surface area (TPSA) is 75.6 Å². The van der Waals surface area contributed by atoms with Crippen molar-refractivity contribution in [1.29, 1.82) is 0 Å². The summed E-state index contributed by atoms with van der Waals surface area (Å²) in [5, 5.41) is 13.7. The Bertz CT molecular complexity index is 1020. The molecule has 2 N–H and O–H groups in total. The van der Waals surface area contributed by atoms with E-state index in [-0.39, 0.29) is 17.4 Å². The molecule has 0 bridgehead atoms. The molecule has 0 spiro atoms. The number of hydrogen-bond acceptors (Lipinski definition) is 4. The minimum Gasteiger partial charge on any atom is -0.494 e. The third-order valence-electron chi connectivity index (χ3n) is 11.9. The van der Waals surface area contributed by atoms with Gasteiger partial charge < -0.3 is 15.2 Å². The maximum atomic E-state index is 12.5. The number of unbranched alkanes of at least 4 members (excludes halogenated alkanes) is 1. The Kier molecular flexibility index (Phi) is 8.76. The Morgan fingerprint density at radius 3 is 2.72 bits per heavy atom. The van der Waals surface area contributed by atoms with Crippen LogP contribution in [0, 0.1) is 40.4 Å². The summed E-state index contributed by atoms with van der Waals surface area (Å²) in [4.78, 5) is 23.9. The molecule has 5 heteroatoms. The van der Waals surface area contributed by atoms with E-state index in [1.807, 2.05) is 6.07 Å². The number of nitrogens with one attached hydrogen (secondary N) is 1. The lowest BCUT2D eigenvalue weighted by Gasteiger charge is -2.62. The summed E-state index contributed by atoms with van der Waals surface area (Å²) in [6.45, 7) is 5.54. The fraction of sp³-hybridized carbons (Fsp3) is 0.765. The van der Waals surface area contributed by atoms with Gasteiger partial charge in [0.2, 0.25) is 5.91 Å². The molecule has 4 fully saturated rings. The van der Waals surface area contributed by atoms with Crippen molar-refractivity contribution < 1.29 is 19.4 Å². The molecule has 5 rings (SSSR count). The molecule has 0 aromatic heterocycles. The fourth-order valence-corrected chi connectivity index (χ4v) is 9.55. The second kappa shape index (κ2) is 11.9. The predicted molar refractivity (Wildman–Crippen MR) is 154 cm³/mol. The molecular weight excluding hydrogens is 486 g/mol. The van der Waals surface area contributed by atoms with Crippen LogP contribution in [0.1, 0.15) is 103 Å². The number of aryl methyl sites for hydroxylation is 1. The Morgan fingerprint density at radius 2 is 1.90 bits per heavy atom. The van der Waals surface area contributed by atoms with Gasteiger partial charge >= 0.3 is 0 Å². The molecular formula is C34H51NO4. The molecule has 4 saturated carbocycles. The van der Waals surface area contributed by atoms with Gasteiger partial charge in [-0.15, -0.1) is 0 Å². The number of amides is 1. The first kappa shape index (κ1) is 28.6. The molecule has 0 heterocycles. The van der Waals surface area contributed by atoms with E-state index in [1.54, 1.807) is 7.05 Å². The maximum absolute atomic E-state index is 12.5. The van der Waals surface area contributed by atoms with Crippen LogP contribution in [0.25, 0.3) is 0 Å². The first-order valence-corrected chi connectivity index (χ1v) is 15.9. The van der Waals surface area contributed by atoms with Crippen molar-refractivity contribution in [1.82, 2.24) is 5.32 Å². The second-order valence-electron chi connectivity index (χ2n) is 13.9. The maximum Gasteiger partial charge on any atom is 0.219 e. The molecule has 0 radical (unpaired) electrons. The summed E-state index contributed by atoms with van der Waals surface area (Å²) in [7, 11) is 1.68. The summed E-state index contributed by atoms with van der Waals surface area (Å²) in [5.41, 5.74) is 1.71. The van der Waals surface area contributed by atoms with Crippen molar-refractivity contribution in [3.05, 3.63) is 29.8 Å². The van der Waals surface area contributed by atoms with Gasteiger partial charge in [-0.2, -0.15) is 0 Å². The van der Waals surface area contributed by atoms with Crippen molar-refractivity contribution in [2.75, 3.05) is 13.7 Å². The largest absolute Gasteiger partial charge is 0.494 e. The summed E-state index contributed by atoms with van der Waals surface area (Å²) < 4.78 is 5.99. The smallest absolute Gasteiger partial charge is 0.219 e. The highest BCUT2D eigenvalue weighted by Crippen LogP contribution is 2.67. The average Bonchev–Trinajstić information content (AvgIpc) is 3.23. The molecule has 1 aromatic rings. The highest BCUT2D eigenvalue weighted by molar-refractivity contribution is 5.79. The van der Waals surface area contributed by atoms with Crippen LogP contribution in [0.15, 0.2) is 24.3 Å². The molecule has 5 nitrogen and oxygen atoms in total. The van der Waals surface area contributed by atoms with Crippen LogP contribution in [0.3, 0.4) is 0 Å². The molecule has 1 amide bonds. The van der Waals surface area contributed by atoms with Crippen LogP contribution in [0.4, 0.5) is 0 Å². The molecule has 0 saturated heterocycles. The Labute approximate surface area is 235 Å². The first-order valence-electron chi connectivity index (χ1n) is 15.9. The van der Waals surface area contributed by atoms with Crippen LogP contribution in [-0.2, 0) is 16.0 Å². The zero-order chi connectivity index (χ0) is 27.6. The number of hydrogen-bond donors (Lipinski definition) is 2. The van der Waals surface area contributed by atoms with Gasteiger partial charge in [-0.25, -0.2) is 0 Å². The normalized spacial score (nSPS) is 37.5. The number of fused-ring (bicyclic) bond motifs is 5. The summed E-state index contributed by atoms with van der Waals surface area (Å²) >= 11 is 0. The monoisotopic (exact) mass is 537 g/mol. The van der Waals surface area contributed by atoms with E-state index in [4.69, 9.17) is 4.74 Å². The van der Waals surface area contributed by atoms with Gasteiger partial charge in [-0.3, -0.25) is 9.59 Å². The van der Waals surface area contributed by atoms with Gasteiger partial charge in [-0.1, -0.05) is 26.0 Å². The fourth-order valence-electron chi connectivity index (χ4n) is 9.55. The Morgan fingerprint density at radius 1 is 1.08 bits per heavy atom. The quantitative estimate of drug-likeness (QED) is 0.334. The molecule has 1 aromatic carbocycles. The molecule has 8 atom stereocenters. The Hall–Kier alpha value is -1.88. The standard InChI is InChI=1S/C34H51NO4/c1-33-17-15-26(36)22-25(33)21-24(32-28-13-14-30(37)34(28,2)18-16-29(32)33)10-6-8-23-9-7-11-27(20-23)39-19-5-4-12-31(38)35-3/h7,9,11,20,24-25,28-30,32,37H,4-6,8,10,12-19,21-22H2,1-3H3,(H,35,38)/t24?,25?,28-,29+,30?,32-,33-,34-/m0/s1. The van der Waals surface area contributed by atoms with Crippen molar-refractivity contribution >= 4 is 11.7 Å². The SMILES string of the molecule is CNC(=O)CCCCOc1cccc(CCCC2CC3CC(=O)CC[C@]3(C)[C@@H]3CC[C@]4(C)C(O)CC[C@H]4[C@H]23)c1. The minimum atomic E-state index is -0.144. The highest BCUT2D eigenvalue weighted by Gasteiger charge is 2.62. The van der Waals surface area contributed by atoms with Gasteiger partial charge in [0.25, 0.3) is 0 Å². The van der Waals surface area contributed by atoms with Gasteiger partial charge in [0.05, 0.1) is 12.7 Å². The molecule has 216 valence electrons. The van der Waals surface area contributed by atoms with Gasteiger partial charge in [0, 0.05) is 26.3 Å². The van der Waals surface area contributed by atoms with E-state index < -0.39 is 0 Å². The third-order valence-corrected chi connectivity index (χ3v) is 11.9. The van der Waals surface area contributed by atoms with Crippen LogP contribution in [-0.4, -0.2) is 36.6 Å². The lowest BCUT2D eigenvalue weighted by atomic mass is 9.42. The van der Waals surface area contributed by atoms with Crippen LogP contribution in [0.2, 0.25) is 0 Å². The molecule has 4 aliphatic rings. The van der Waals surface area contributed by atoms with Crippen LogP contribution in [0.5, 0.6) is 5.75 Å². The molecule has 39 heavy (non-hydrogen) atoms.